The first-order valence-corrected chi connectivity index (χ1v) is 12.5. The van der Waals surface area contributed by atoms with E-state index >= 15 is 0 Å². The van der Waals surface area contributed by atoms with E-state index in [0.29, 0.717) is 23.3 Å². The number of tetrazole rings is 1. The summed E-state index contributed by atoms with van der Waals surface area (Å²) in [5, 5.41) is 16.9. The molecular formula is C26H44N6O2. The Morgan fingerprint density at radius 2 is 1.79 bits per heavy atom. The SMILES string of the molecule is COc1ccc(C(NCC2CCCC(CN)C2)c2nnnn2C(C)(C)CC(C)(C)C)cc1OC. The van der Waals surface area contributed by atoms with Gasteiger partial charge in [0.05, 0.1) is 25.8 Å². The third-order valence-corrected chi connectivity index (χ3v) is 6.86. The lowest BCUT2D eigenvalue weighted by Gasteiger charge is -2.34. The Morgan fingerprint density at radius 3 is 2.44 bits per heavy atom. The van der Waals surface area contributed by atoms with Gasteiger partial charge in [0.15, 0.2) is 17.3 Å². The predicted molar refractivity (Wildman–Crippen MR) is 135 cm³/mol. The fourth-order valence-electron chi connectivity index (χ4n) is 5.65. The van der Waals surface area contributed by atoms with E-state index in [0.717, 1.165) is 30.9 Å². The summed E-state index contributed by atoms with van der Waals surface area (Å²) in [4.78, 5) is 0. The van der Waals surface area contributed by atoms with Gasteiger partial charge < -0.3 is 20.5 Å². The van der Waals surface area contributed by atoms with Crippen molar-refractivity contribution in [2.24, 2.45) is 23.0 Å². The normalized spacial score (nSPS) is 20.2. The molecule has 2 aromatic rings. The molecule has 0 bridgehead atoms. The molecule has 1 saturated carbocycles. The van der Waals surface area contributed by atoms with Crippen molar-refractivity contribution in [2.75, 3.05) is 27.3 Å². The van der Waals surface area contributed by atoms with Crippen LogP contribution in [0.5, 0.6) is 11.5 Å². The van der Waals surface area contributed by atoms with Crippen LogP contribution in [0.3, 0.4) is 0 Å². The Balaban J connectivity index is 1.96. The van der Waals surface area contributed by atoms with Crippen molar-refractivity contribution >= 4 is 0 Å². The summed E-state index contributed by atoms with van der Waals surface area (Å²) in [6.45, 7) is 12.8. The molecule has 34 heavy (non-hydrogen) atoms. The van der Waals surface area contributed by atoms with Crippen molar-refractivity contribution in [1.29, 1.82) is 0 Å². The van der Waals surface area contributed by atoms with Gasteiger partial charge in [-0.1, -0.05) is 33.3 Å². The molecule has 1 fully saturated rings. The van der Waals surface area contributed by atoms with Gasteiger partial charge in [0.2, 0.25) is 0 Å². The number of nitrogens with two attached hydrogens (primary N) is 1. The van der Waals surface area contributed by atoms with Crippen LogP contribution in [0, 0.1) is 17.3 Å². The highest BCUT2D eigenvalue weighted by Gasteiger charge is 2.34. The van der Waals surface area contributed by atoms with Gasteiger partial charge in [0.25, 0.3) is 0 Å². The number of rotatable bonds is 10. The largest absolute Gasteiger partial charge is 0.493 e. The highest BCUT2D eigenvalue weighted by molar-refractivity contribution is 5.44. The Labute approximate surface area is 205 Å². The maximum atomic E-state index is 5.99. The third kappa shape index (κ3) is 6.48. The monoisotopic (exact) mass is 472 g/mol. The molecule has 8 heteroatoms. The molecule has 0 spiro atoms. The van der Waals surface area contributed by atoms with Gasteiger partial charge in [0, 0.05) is 0 Å². The Hall–Kier alpha value is -2.19. The molecule has 190 valence electrons. The van der Waals surface area contributed by atoms with E-state index in [1.54, 1.807) is 14.2 Å². The smallest absolute Gasteiger partial charge is 0.173 e. The van der Waals surface area contributed by atoms with Crippen LogP contribution >= 0.6 is 0 Å². The molecule has 3 N–H and O–H groups in total. The molecule has 3 atom stereocenters. The first-order chi connectivity index (χ1) is 16.1. The summed E-state index contributed by atoms with van der Waals surface area (Å²) in [6, 6.07) is 5.86. The number of hydrogen-bond acceptors (Lipinski definition) is 7. The van der Waals surface area contributed by atoms with E-state index in [1.807, 2.05) is 16.8 Å². The zero-order valence-corrected chi connectivity index (χ0v) is 22.1. The zero-order chi connectivity index (χ0) is 24.9. The van der Waals surface area contributed by atoms with E-state index in [4.69, 9.17) is 15.2 Å². The Morgan fingerprint density at radius 1 is 1.09 bits per heavy atom. The van der Waals surface area contributed by atoms with Crippen LogP contribution in [0.2, 0.25) is 0 Å². The van der Waals surface area contributed by atoms with Gasteiger partial charge >= 0.3 is 0 Å². The second-order valence-corrected chi connectivity index (χ2v) is 11.6. The van der Waals surface area contributed by atoms with Crippen LogP contribution in [-0.2, 0) is 5.54 Å². The Kier molecular flexibility index (Phi) is 8.57. The molecule has 0 aliphatic heterocycles. The van der Waals surface area contributed by atoms with Crippen molar-refractivity contribution in [1.82, 2.24) is 25.5 Å². The van der Waals surface area contributed by atoms with Gasteiger partial charge in [0.1, 0.15) is 0 Å². The van der Waals surface area contributed by atoms with Crippen LogP contribution in [0.1, 0.15) is 84.2 Å². The lowest BCUT2D eigenvalue weighted by Crippen LogP contribution is -2.38. The number of benzene rings is 1. The van der Waals surface area contributed by atoms with E-state index in [-0.39, 0.29) is 17.0 Å². The van der Waals surface area contributed by atoms with Crippen LogP contribution in [0.15, 0.2) is 18.2 Å². The van der Waals surface area contributed by atoms with Crippen LogP contribution < -0.4 is 20.5 Å². The lowest BCUT2D eigenvalue weighted by atomic mass is 9.81. The van der Waals surface area contributed by atoms with Crippen LogP contribution in [-0.4, -0.2) is 47.5 Å². The molecule has 3 unspecified atom stereocenters. The number of ether oxygens (including phenoxy) is 2. The second-order valence-electron chi connectivity index (χ2n) is 11.6. The summed E-state index contributed by atoms with van der Waals surface area (Å²) >= 11 is 0. The number of aromatic nitrogens is 4. The molecule has 8 nitrogen and oxygen atoms in total. The molecule has 1 aliphatic carbocycles. The minimum atomic E-state index is -0.247. The summed E-state index contributed by atoms with van der Waals surface area (Å²) in [5.41, 5.74) is 6.93. The van der Waals surface area contributed by atoms with Gasteiger partial charge in [-0.2, -0.15) is 0 Å². The lowest BCUT2D eigenvalue weighted by molar-refractivity contribution is 0.187. The summed E-state index contributed by atoms with van der Waals surface area (Å²) in [7, 11) is 3.31. The van der Waals surface area contributed by atoms with Gasteiger partial charge in [-0.25, -0.2) is 4.68 Å². The van der Waals surface area contributed by atoms with Crippen LogP contribution in [0.4, 0.5) is 0 Å². The van der Waals surface area contributed by atoms with Crippen molar-refractivity contribution in [3.63, 3.8) is 0 Å². The predicted octanol–water partition coefficient (Wildman–Crippen LogP) is 4.31. The van der Waals surface area contributed by atoms with Crippen molar-refractivity contribution < 1.29 is 9.47 Å². The van der Waals surface area contributed by atoms with Crippen molar-refractivity contribution in [3.8, 4) is 11.5 Å². The molecule has 1 heterocycles. The minimum absolute atomic E-state index is 0.137. The molecule has 3 rings (SSSR count). The topological polar surface area (TPSA) is 100 Å². The first-order valence-electron chi connectivity index (χ1n) is 12.5. The van der Waals surface area contributed by atoms with Crippen LogP contribution in [0.25, 0.3) is 0 Å². The number of hydrogen-bond donors (Lipinski definition) is 2. The fourth-order valence-corrected chi connectivity index (χ4v) is 5.65. The molecule has 1 aromatic carbocycles. The van der Waals surface area contributed by atoms with Gasteiger partial charge in [-0.3, -0.25) is 0 Å². The zero-order valence-electron chi connectivity index (χ0n) is 22.1. The highest BCUT2D eigenvalue weighted by Crippen LogP contribution is 2.36. The molecule has 0 amide bonds. The molecular weight excluding hydrogens is 428 g/mol. The number of nitrogens with zero attached hydrogens (tertiary/aromatic N) is 4. The first kappa shape index (κ1) is 26.4. The molecule has 1 aromatic heterocycles. The van der Waals surface area contributed by atoms with E-state index in [9.17, 15) is 0 Å². The average molecular weight is 473 g/mol. The molecule has 0 radical (unpaired) electrons. The Bertz CT molecular complexity index is 920. The van der Waals surface area contributed by atoms with E-state index in [1.165, 1.54) is 25.7 Å². The van der Waals surface area contributed by atoms with Gasteiger partial charge in [-0.15, -0.1) is 5.10 Å². The van der Waals surface area contributed by atoms with Crippen molar-refractivity contribution in [2.45, 2.75) is 78.3 Å². The van der Waals surface area contributed by atoms with Gasteiger partial charge in [-0.05, 0) is 98.0 Å². The molecule has 1 aliphatic rings. The maximum absolute atomic E-state index is 5.99. The van der Waals surface area contributed by atoms with E-state index < -0.39 is 0 Å². The fraction of sp³-hybridized carbons (Fsp3) is 0.731. The number of methoxy groups -OCH3 is 2. The summed E-state index contributed by atoms with van der Waals surface area (Å²) in [5.74, 6) is 3.43. The summed E-state index contributed by atoms with van der Waals surface area (Å²) < 4.78 is 13.1. The third-order valence-electron chi connectivity index (χ3n) is 6.86. The minimum Gasteiger partial charge on any atom is -0.493 e. The van der Waals surface area contributed by atoms with E-state index in [2.05, 4.69) is 61.5 Å². The summed E-state index contributed by atoms with van der Waals surface area (Å²) in [6.07, 6.45) is 5.82. The second kappa shape index (κ2) is 11.0. The maximum Gasteiger partial charge on any atom is 0.173 e. The highest BCUT2D eigenvalue weighted by atomic mass is 16.5. The quantitative estimate of drug-likeness (QED) is 0.531. The average Bonchev–Trinajstić information content (AvgIpc) is 3.28. The number of nitrogens with one attached hydrogen (secondary N) is 1. The molecule has 0 saturated heterocycles. The van der Waals surface area contributed by atoms with Crippen molar-refractivity contribution in [3.05, 3.63) is 29.6 Å². The standard InChI is InChI=1S/C26H44N6O2/c1-25(2,3)17-26(4,5)32-24(29-30-31-32)23(20-11-12-21(33-6)22(14-20)34-7)28-16-19-10-8-9-18(13-19)15-27/h11-12,14,18-19,23,28H,8-10,13,15-17,27H2,1-7H3.